The molecule has 2 aromatic heterocycles. The Balaban J connectivity index is 1.77. The molecule has 0 bridgehead atoms. The summed E-state index contributed by atoms with van der Waals surface area (Å²) in [6.07, 6.45) is 5.71. The highest BCUT2D eigenvalue weighted by Crippen LogP contribution is 2.21. The fraction of sp³-hybridized carbons (Fsp3) is 0.316. The summed E-state index contributed by atoms with van der Waals surface area (Å²) in [5, 5.41) is 4.24. The van der Waals surface area contributed by atoms with Crippen LogP contribution in [0.3, 0.4) is 0 Å². The number of carbonyl (C=O) groups excluding carboxylic acids is 1. The van der Waals surface area contributed by atoms with E-state index in [1.807, 2.05) is 41.9 Å². The molecule has 3 rings (SSSR count). The third kappa shape index (κ3) is 3.61. The van der Waals surface area contributed by atoms with E-state index in [-0.39, 0.29) is 11.9 Å². The lowest BCUT2D eigenvalue weighted by Crippen LogP contribution is -2.30. The van der Waals surface area contributed by atoms with Gasteiger partial charge in [-0.15, -0.1) is 0 Å². The molecule has 0 N–H and O–H groups in total. The summed E-state index contributed by atoms with van der Waals surface area (Å²) < 4.78 is 1.88. The Morgan fingerprint density at radius 2 is 1.92 bits per heavy atom. The van der Waals surface area contributed by atoms with Gasteiger partial charge in [0.15, 0.2) is 5.82 Å². The van der Waals surface area contributed by atoms with Crippen LogP contribution in [0.15, 0.2) is 49.2 Å². The van der Waals surface area contributed by atoms with Gasteiger partial charge in [-0.05, 0) is 31.5 Å². The molecule has 0 aliphatic carbocycles. The fourth-order valence-corrected chi connectivity index (χ4v) is 2.75. The highest BCUT2D eigenvalue weighted by atomic mass is 16.2. The number of benzene rings is 1. The molecule has 0 spiro atoms. The number of amides is 1. The number of hydrogen-bond donors (Lipinski definition) is 0. The number of aryl methyl sites for hydroxylation is 1. The van der Waals surface area contributed by atoms with Crippen LogP contribution >= 0.6 is 0 Å². The summed E-state index contributed by atoms with van der Waals surface area (Å²) in [5.74, 6) is 0.756. The summed E-state index contributed by atoms with van der Waals surface area (Å²) in [6.45, 7) is 4.86. The second kappa shape index (κ2) is 7.86. The first kappa shape index (κ1) is 17.7. The van der Waals surface area contributed by atoms with E-state index in [0.717, 1.165) is 30.0 Å². The molecule has 26 heavy (non-hydrogen) atoms. The van der Waals surface area contributed by atoms with E-state index < -0.39 is 0 Å². The molecular weight excluding hydrogens is 328 g/mol. The first-order valence-corrected chi connectivity index (χ1v) is 8.63. The summed E-state index contributed by atoms with van der Waals surface area (Å²) in [6, 6.07) is 9.15. The van der Waals surface area contributed by atoms with Crippen molar-refractivity contribution in [1.29, 1.82) is 0 Å². The van der Waals surface area contributed by atoms with Crippen LogP contribution in [0.4, 0.5) is 0 Å². The lowest BCUT2D eigenvalue weighted by atomic mass is 10.1. The molecule has 0 saturated carbocycles. The minimum Gasteiger partial charge on any atom is -0.333 e. The van der Waals surface area contributed by atoms with Crippen LogP contribution in [0.2, 0.25) is 0 Å². The van der Waals surface area contributed by atoms with Gasteiger partial charge in [0.2, 0.25) is 0 Å². The lowest BCUT2D eigenvalue weighted by molar-refractivity contribution is 0.0739. The maximum Gasteiger partial charge on any atom is 0.254 e. The maximum absolute atomic E-state index is 12.8. The van der Waals surface area contributed by atoms with Crippen molar-refractivity contribution < 1.29 is 4.79 Å². The van der Waals surface area contributed by atoms with Crippen molar-refractivity contribution in [2.24, 2.45) is 0 Å². The summed E-state index contributed by atoms with van der Waals surface area (Å²) >= 11 is 0. The SMILES string of the molecule is CCCn1ncnc1-c1ccc(C(=O)N(C)[C@H](C)c2ccncn2)cc1. The average molecular weight is 350 g/mol. The van der Waals surface area contributed by atoms with Gasteiger partial charge in [0, 0.05) is 30.9 Å². The van der Waals surface area contributed by atoms with Crippen molar-refractivity contribution in [1.82, 2.24) is 29.6 Å². The Labute approximate surface area is 152 Å². The highest BCUT2D eigenvalue weighted by molar-refractivity contribution is 5.94. The van der Waals surface area contributed by atoms with Gasteiger partial charge in [-0.25, -0.2) is 19.6 Å². The smallest absolute Gasteiger partial charge is 0.254 e. The molecule has 3 aromatic rings. The molecule has 0 unspecified atom stereocenters. The van der Waals surface area contributed by atoms with E-state index in [0.29, 0.717) is 5.56 Å². The molecule has 7 heteroatoms. The van der Waals surface area contributed by atoms with Crippen molar-refractivity contribution in [3.63, 3.8) is 0 Å². The van der Waals surface area contributed by atoms with Gasteiger partial charge in [-0.3, -0.25) is 4.79 Å². The minimum atomic E-state index is -0.141. The zero-order valence-electron chi connectivity index (χ0n) is 15.2. The van der Waals surface area contributed by atoms with Crippen LogP contribution < -0.4 is 0 Å². The van der Waals surface area contributed by atoms with Crippen LogP contribution in [0.5, 0.6) is 0 Å². The third-order valence-electron chi connectivity index (χ3n) is 4.38. The monoisotopic (exact) mass is 350 g/mol. The van der Waals surface area contributed by atoms with E-state index in [4.69, 9.17) is 0 Å². The molecule has 0 saturated heterocycles. The van der Waals surface area contributed by atoms with Crippen molar-refractivity contribution >= 4 is 5.91 Å². The standard InChI is InChI=1S/C19H22N6O/c1-4-11-25-18(22-13-23-25)15-5-7-16(8-6-15)19(26)24(3)14(2)17-9-10-20-12-21-17/h5-10,12-14H,4,11H2,1-3H3/t14-/m1/s1. The molecule has 1 amide bonds. The first-order valence-electron chi connectivity index (χ1n) is 8.63. The van der Waals surface area contributed by atoms with Gasteiger partial charge in [0.1, 0.15) is 12.7 Å². The van der Waals surface area contributed by atoms with Crippen molar-refractivity contribution in [3.8, 4) is 11.4 Å². The van der Waals surface area contributed by atoms with Gasteiger partial charge < -0.3 is 4.90 Å². The second-order valence-electron chi connectivity index (χ2n) is 6.11. The van der Waals surface area contributed by atoms with Crippen molar-refractivity contribution in [3.05, 3.63) is 60.4 Å². The van der Waals surface area contributed by atoms with E-state index in [2.05, 4.69) is 27.0 Å². The van der Waals surface area contributed by atoms with Crippen molar-refractivity contribution in [2.75, 3.05) is 7.05 Å². The molecule has 0 aliphatic rings. The summed E-state index contributed by atoms with van der Waals surface area (Å²) in [7, 11) is 1.78. The average Bonchev–Trinajstić information content (AvgIpc) is 3.15. The van der Waals surface area contributed by atoms with Gasteiger partial charge in [0.05, 0.1) is 11.7 Å². The molecule has 1 aromatic carbocycles. The van der Waals surface area contributed by atoms with Gasteiger partial charge in [0.25, 0.3) is 5.91 Å². The van der Waals surface area contributed by atoms with E-state index in [1.54, 1.807) is 24.5 Å². The Kier molecular flexibility index (Phi) is 5.36. The molecule has 0 fully saturated rings. The maximum atomic E-state index is 12.8. The Bertz CT molecular complexity index is 859. The predicted molar refractivity (Wildman–Crippen MR) is 98.3 cm³/mol. The topological polar surface area (TPSA) is 76.8 Å². The van der Waals surface area contributed by atoms with Gasteiger partial charge in [-0.2, -0.15) is 5.10 Å². The van der Waals surface area contributed by atoms with Crippen LogP contribution in [0.25, 0.3) is 11.4 Å². The quantitative estimate of drug-likeness (QED) is 0.683. The predicted octanol–water partition coefficient (Wildman–Crippen LogP) is 2.98. The zero-order valence-corrected chi connectivity index (χ0v) is 15.2. The number of aromatic nitrogens is 5. The van der Waals surface area contributed by atoms with E-state index in [1.165, 1.54) is 6.33 Å². The van der Waals surface area contributed by atoms with Gasteiger partial charge in [-0.1, -0.05) is 19.1 Å². The first-order chi connectivity index (χ1) is 12.6. The van der Waals surface area contributed by atoms with Crippen LogP contribution in [-0.2, 0) is 6.54 Å². The Morgan fingerprint density at radius 3 is 2.58 bits per heavy atom. The summed E-state index contributed by atoms with van der Waals surface area (Å²) in [4.78, 5) is 26.9. The fourth-order valence-electron chi connectivity index (χ4n) is 2.75. The molecule has 2 heterocycles. The minimum absolute atomic E-state index is 0.0577. The van der Waals surface area contributed by atoms with E-state index >= 15 is 0 Å². The van der Waals surface area contributed by atoms with Crippen LogP contribution in [0.1, 0.15) is 42.4 Å². The molecular formula is C19H22N6O. The van der Waals surface area contributed by atoms with Crippen LogP contribution in [-0.4, -0.2) is 42.6 Å². The highest BCUT2D eigenvalue weighted by Gasteiger charge is 2.20. The summed E-state index contributed by atoms with van der Waals surface area (Å²) in [5.41, 5.74) is 2.37. The zero-order chi connectivity index (χ0) is 18.5. The van der Waals surface area contributed by atoms with Crippen LogP contribution in [0, 0.1) is 0 Å². The van der Waals surface area contributed by atoms with E-state index in [9.17, 15) is 4.79 Å². The third-order valence-corrected chi connectivity index (χ3v) is 4.38. The number of carbonyl (C=O) groups is 1. The number of nitrogens with zero attached hydrogens (tertiary/aromatic N) is 6. The molecule has 0 radical (unpaired) electrons. The lowest BCUT2D eigenvalue weighted by Gasteiger charge is -2.24. The number of rotatable bonds is 6. The molecule has 1 atom stereocenters. The largest absolute Gasteiger partial charge is 0.333 e. The second-order valence-corrected chi connectivity index (χ2v) is 6.11. The molecule has 0 aliphatic heterocycles. The van der Waals surface area contributed by atoms with Gasteiger partial charge >= 0.3 is 0 Å². The normalized spacial score (nSPS) is 12.0. The Hall–Kier alpha value is -3.09. The number of hydrogen-bond acceptors (Lipinski definition) is 5. The molecule has 134 valence electrons. The Morgan fingerprint density at radius 1 is 1.15 bits per heavy atom. The molecule has 7 nitrogen and oxygen atoms in total. The van der Waals surface area contributed by atoms with Crippen molar-refractivity contribution in [2.45, 2.75) is 32.9 Å².